The smallest absolute Gasteiger partial charge is 0.242 e. The predicted octanol–water partition coefficient (Wildman–Crippen LogP) is 4.93. The number of sulfonamides is 1. The second kappa shape index (κ2) is 8.49. The van der Waals surface area contributed by atoms with Crippen molar-refractivity contribution in [3.05, 3.63) is 84.9 Å². The standard InChI is InChI=1S/C25H24N2O3S/c1-17(2)24(25(28)26-22-13-11-18-7-3-5-9-20(18)15-22)27-31(29,30)23-14-12-19-8-4-6-10-21(19)16-23/h3-17,24,27H,1-2H3,(H,26,28). The average Bonchev–Trinajstić information content (AvgIpc) is 2.77. The molecule has 4 aromatic rings. The SMILES string of the molecule is CC(C)C(NS(=O)(=O)c1ccc2ccccc2c1)C(=O)Nc1ccc2ccccc2c1. The number of carbonyl (C=O) groups is 1. The molecule has 0 spiro atoms. The number of fused-ring (bicyclic) bond motifs is 2. The maximum Gasteiger partial charge on any atom is 0.242 e. The molecule has 6 heteroatoms. The molecule has 158 valence electrons. The number of carbonyl (C=O) groups excluding carboxylic acids is 1. The highest BCUT2D eigenvalue weighted by atomic mass is 32.2. The molecule has 0 saturated heterocycles. The van der Waals surface area contributed by atoms with E-state index in [1.807, 2.05) is 80.6 Å². The molecular formula is C25H24N2O3S. The van der Waals surface area contributed by atoms with Crippen molar-refractivity contribution in [2.24, 2.45) is 5.92 Å². The first-order valence-corrected chi connectivity index (χ1v) is 11.6. The Morgan fingerprint density at radius 3 is 1.90 bits per heavy atom. The van der Waals surface area contributed by atoms with Crippen LogP contribution in [0.1, 0.15) is 13.8 Å². The monoisotopic (exact) mass is 432 g/mol. The average molecular weight is 433 g/mol. The van der Waals surface area contributed by atoms with Crippen molar-refractivity contribution in [1.29, 1.82) is 0 Å². The van der Waals surface area contributed by atoms with E-state index in [0.29, 0.717) is 5.69 Å². The maximum atomic E-state index is 13.0. The normalized spacial score (nSPS) is 12.9. The molecule has 1 amide bonds. The molecule has 2 N–H and O–H groups in total. The molecule has 0 bridgehead atoms. The van der Waals surface area contributed by atoms with Gasteiger partial charge in [-0.05, 0) is 51.7 Å². The fourth-order valence-corrected chi connectivity index (χ4v) is 4.93. The lowest BCUT2D eigenvalue weighted by molar-refractivity contribution is -0.118. The van der Waals surface area contributed by atoms with Crippen LogP contribution in [0, 0.1) is 5.92 Å². The van der Waals surface area contributed by atoms with Crippen molar-refractivity contribution in [1.82, 2.24) is 4.72 Å². The van der Waals surface area contributed by atoms with Crippen LogP contribution in [0.25, 0.3) is 21.5 Å². The third-order valence-corrected chi connectivity index (χ3v) is 6.72. The molecule has 31 heavy (non-hydrogen) atoms. The molecule has 0 heterocycles. The number of benzene rings is 4. The lowest BCUT2D eigenvalue weighted by Gasteiger charge is -2.22. The number of anilines is 1. The molecular weight excluding hydrogens is 408 g/mol. The van der Waals surface area contributed by atoms with E-state index in [9.17, 15) is 13.2 Å². The summed E-state index contributed by atoms with van der Waals surface area (Å²) in [5, 5.41) is 6.70. The molecule has 5 nitrogen and oxygen atoms in total. The van der Waals surface area contributed by atoms with Crippen molar-refractivity contribution >= 4 is 43.2 Å². The van der Waals surface area contributed by atoms with Gasteiger partial charge in [-0.3, -0.25) is 4.79 Å². The van der Waals surface area contributed by atoms with E-state index in [0.717, 1.165) is 21.5 Å². The number of nitrogens with one attached hydrogen (secondary N) is 2. The second-order valence-electron chi connectivity index (χ2n) is 7.90. The van der Waals surface area contributed by atoms with Crippen LogP contribution >= 0.6 is 0 Å². The van der Waals surface area contributed by atoms with E-state index < -0.39 is 22.0 Å². The Balaban J connectivity index is 1.57. The van der Waals surface area contributed by atoms with Crippen molar-refractivity contribution in [3.8, 4) is 0 Å². The highest BCUT2D eigenvalue weighted by molar-refractivity contribution is 7.89. The van der Waals surface area contributed by atoms with Crippen molar-refractivity contribution in [2.75, 3.05) is 5.32 Å². The van der Waals surface area contributed by atoms with Crippen molar-refractivity contribution < 1.29 is 13.2 Å². The second-order valence-corrected chi connectivity index (χ2v) is 9.62. The minimum Gasteiger partial charge on any atom is -0.325 e. The zero-order chi connectivity index (χ0) is 22.0. The zero-order valence-corrected chi connectivity index (χ0v) is 18.2. The quantitative estimate of drug-likeness (QED) is 0.453. The maximum absolute atomic E-state index is 13.0. The first-order valence-electron chi connectivity index (χ1n) is 10.1. The summed E-state index contributed by atoms with van der Waals surface area (Å²) < 4.78 is 28.7. The fourth-order valence-electron chi connectivity index (χ4n) is 3.55. The van der Waals surface area contributed by atoms with E-state index in [-0.39, 0.29) is 10.8 Å². The topological polar surface area (TPSA) is 75.3 Å². The van der Waals surface area contributed by atoms with Gasteiger partial charge in [-0.1, -0.05) is 74.5 Å². The lowest BCUT2D eigenvalue weighted by Crippen LogP contribution is -2.47. The molecule has 0 radical (unpaired) electrons. The number of rotatable bonds is 6. The predicted molar refractivity (Wildman–Crippen MR) is 125 cm³/mol. The largest absolute Gasteiger partial charge is 0.325 e. The van der Waals surface area contributed by atoms with Gasteiger partial charge in [0.2, 0.25) is 15.9 Å². The Morgan fingerprint density at radius 2 is 1.29 bits per heavy atom. The Bertz CT molecular complexity index is 1360. The van der Waals surface area contributed by atoms with E-state index in [1.54, 1.807) is 18.2 Å². The molecule has 0 aliphatic heterocycles. The number of amides is 1. The van der Waals surface area contributed by atoms with Crippen LogP contribution in [-0.4, -0.2) is 20.4 Å². The lowest BCUT2D eigenvalue weighted by atomic mass is 10.0. The van der Waals surface area contributed by atoms with Gasteiger partial charge in [0.1, 0.15) is 6.04 Å². The summed E-state index contributed by atoms with van der Waals surface area (Å²) >= 11 is 0. The molecule has 0 aliphatic carbocycles. The van der Waals surface area contributed by atoms with Gasteiger partial charge in [0.05, 0.1) is 4.90 Å². The van der Waals surface area contributed by atoms with Gasteiger partial charge in [0.25, 0.3) is 0 Å². The van der Waals surface area contributed by atoms with E-state index >= 15 is 0 Å². The molecule has 4 aromatic carbocycles. The summed E-state index contributed by atoms with van der Waals surface area (Å²) in [5.74, 6) is -0.634. The summed E-state index contributed by atoms with van der Waals surface area (Å²) in [6.45, 7) is 3.63. The molecule has 4 rings (SSSR count). The number of hydrogen-bond donors (Lipinski definition) is 2. The van der Waals surface area contributed by atoms with Crippen LogP contribution in [0.4, 0.5) is 5.69 Å². The molecule has 0 aliphatic rings. The number of hydrogen-bond acceptors (Lipinski definition) is 3. The summed E-state index contributed by atoms with van der Waals surface area (Å²) in [4.78, 5) is 13.1. The first kappa shape index (κ1) is 21.0. The minimum atomic E-state index is -3.88. The van der Waals surface area contributed by atoms with Gasteiger partial charge >= 0.3 is 0 Å². The van der Waals surface area contributed by atoms with Crippen molar-refractivity contribution in [2.45, 2.75) is 24.8 Å². The van der Waals surface area contributed by atoms with Gasteiger partial charge in [-0.2, -0.15) is 4.72 Å². The summed E-state index contributed by atoms with van der Waals surface area (Å²) in [5.41, 5.74) is 0.624. The third-order valence-electron chi connectivity index (χ3n) is 5.28. The Morgan fingerprint density at radius 1 is 0.742 bits per heavy atom. The van der Waals surface area contributed by atoms with Crippen LogP contribution in [0.15, 0.2) is 89.8 Å². The van der Waals surface area contributed by atoms with Gasteiger partial charge in [0, 0.05) is 5.69 Å². The molecule has 1 unspecified atom stereocenters. The van der Waals surface area contributed by atoms with Crippen LogP contribution < -0.4 is 10.0 Å². The van der Waals surface area contributed by atoms with Gasteiger partial charge < -0.3 is 5.32 Å². The summed E-state index contributed by atoms with van der Waals surface area (Å²) in [7, 11) is -3.88. The first-order chi connectivity index (χ1) is 14.8. The summed E-state index contributed by atoms with van der Waals surface area (Å²) in [6, 6.07) is 25.1. The fraction of sp³-hybridized carbons (Fsp3) is 0.160. The van der Waals surface area contributed by atoms with E-state index in [4.69, 9.17) is 0 Å². The van der Waals surface area contributed by atoms with Gasteiger partial charge in [-0.15, -0.1) is 0 Å². The van der Waals surface area contributed by atoms with E-state index in [2.05, 4.69) is 10.0 Å². The highest BCUT2D eigenvalue weighted by Crippen LogP contribution is 2.22. The molecule has 0 aromatic heterocycles. The van der Waals surface area contributed by atoms with E-state index in [1.165, 1.54) is 0 Å². The minimum absolute atomic E-state index is 0.135. The Hall–Kier alpha value is -3.22. The Labute approximate surface area is 182 Å². The van der Waals surface area contributed by atoms with Crippen LogP contribution in [0.2, 0.25) is 0 Å². The third kappa shape index (κ3) is 4.60. The van der Waals surface area contributed by atoms with Crippen LogP contribution in [0.5, 0.6) is 0 Å². The van der Waals surface area contributed by atoms with Crippen LogP contribution in [0.3, 0.4) is 0 Å². The zero-order valence-electron chi connectivity index (χ0n) is 17.4. The molecule has 0 fully saturated rings. The van der Waals surface area contributed by atoms with Crippen molar-refractivity contribution in [3.63, 3.8) is 0 Å². The van der Waals surface area contributed by atoms with Crippen LogP contribution in [-0.2, 0) is 14.8 Å². The Kier molecular flexibility index (Phi) is 5.76. The summed E-state index contributed by atoms with van der Waals surface area (Å²) in [6.07, 6.45) is 0. The van der Waals surface area contributed by atoms with Gasteiger partial charge in [-0.25, -0.2) is 8.42 Å². The highest BCUT2D eigenvalue weighted by Gasteiger charge is 2.28. The van der Waals surface area contributed by atoms with Gasteiger partial charge in [0.15, 0.2) is 0 Å². The molecule has 1 atom stereocenters. The molecule has 0 saturated carbocycles.